The van der Waals surface area contributed by atoms with Gasteiger partial charge in [-0.15, -0.1) is 0 Å². The van der Waals surface area contributed by atoms with Gasteiger partial charge in [-0.1, -0.05) is 37.5 Å². The molecule has 0 aliphatic heterocycles. The molecule has 1 atom stereocenters. The summed E-state index contributed by atoms with van der Waals surface area (Å²) in [5.74, 6) is 1.26. The Labute approximate surface area is 124 Å². The molecular weight excluding hydrogens is 274 g/mol. The minimum atomic E-state index is 0.0866. The second kappa shape index (κ2) is 5.94. The first-order valence-electron chi connectivity index (χ1n) is 6.68. The quantitative estimate of drug-likeness (QED) is 0.929. The van der Waals surface area contributed by atoms with Crippen LogP contribution < -0.4 is 5.73 Å². The highest BCUT2D eigenvalue weighted by Gasteiger charge is 2.24. The van der Waals surface area contributed by atoms with Gasteiger partial charge in [-0.2, -0.15) is 4.98 Å². The van der Waals surface area contributed by atoms with E-state index < -0.39 is 0 Å². The van der Waals surface area contributed by atoms with Crippen molar-refractivity contribution in [3.05, 3.63) is 35.2 Å². The van der Waals surface area contributed by atoms with Crippen LogP contribution in [0.2, 0.25) is 5.02 Å². The van der Waals surface area contributed by atoms with Gasteiger partial charge in [0, 0.05) is 17.1 Å². The SMILES string of the molecule is CC(C)(C)CC(CN)c1nc(-c2ccc(Cl)cc2)no1. The number of rotatable bonds is 4. The Balaban J connectivity index is 2.21. The third-order valence-corrected chi connectivity index (χ3v) is 3.29. The van der Waals surface area contributed by atoms with E-state index in [4.69, 9.17) is 21.9 Å². The molecule has 1 unspecified atom stereocenters. The summed E-state index contributed by atoms with van der Waals surface area (Å²) in [4.78, 5) is 4.46. The Kier molecular flexibility index (Phi) is 4.45. The molecule has 20 heavy (non-hydrogen) atoms. The van der Waals surface area contributed by atoms with Crippen LogP contribution in [0.5, 0.6) is 0 Å². The minimum Gasteiger partial charge on any atom is -0.339 e. The molecule has 0 saturated heterocycles. The lowest BCUT2D eigenvalue weighted by atomic mass is 9.84. The average Bonchev–Trinajstić information content (AvgIpc) is 2.85. The lowest BCUT2D eigenvalue weighted by Crippen LogP contribution is -2.19. The second-order valence-corrected chi connectivity index (χ2v) is 6.60. The third-order valence-electron chi connectivity index (χ3n) is 3.04. The van der Waals surface area contributed by atoms with Crippen molar-refractivity contribution in [2.45, 2.75) is 33.1 Å². The normalized spacial score (nSPS) is 13.4. The number of halogens is 1. The molecule has 0 aliphatic rings. The van der Waals surface area contributed by atoms with Crippen LogP contribution in [0.25, 0.3) is 11.4 Å². The van der Waals surface area contributed by atoms with Crippen LogP contribution in [0, 0.1) is 5.41 Å². The standard InChI is InChI=1S/C15H20ClN3O/c1-15(2,3)8-11(9-17)14-18-13(19-20-14)10-4-6-12(16)7-5-10/h4-7,11H,8-9,17H2,1-3H3. The monoisotopic (exact) mass is 293 g/mol. The van der Waals surface area contributed by atoms with E-state index in [0.717, 1.165) is 12.0 Å². The summed E-state index contributed by atoms with van der Waals surface area (Å²) in [6, 6.07) is 7.36. The first kappa shape index (κ1) is 15.0. The number of aromatic nitrogens is 2. The molecule has 2 rings (SSSR count). The van der Waals surface area contributed by atoms with Gasteiger partial charge in [0.1, 0.15) is 0 Å². The van der Waals surface area contributed by atoms with Crippen molar-refractivity contribution >= 4 is 11.6 Å². The molecule has 0 aliphatic carbocycles. The van der Waals surface area contributed by atoms with Gasteiger partial charge in [-0.05, 0) is 36.1 Å². The zero-order valence-electron chi connectivity index (χ0n) is 12.1. The molecule has 1 aromatic heterocycles. The van der Waals surface area contributed by atoms with Gasteiger partial charge in [-0.25, -0.2) is 0 Å². The highest BCUT2D eigenvalue weighted by molar-refractivity contribution is 6.30. The molecule has 1 heterocycles. The summed E-state index contributed by atoms with van der Waals surface area (Å²) in [6.07, 6.45) is 0.908. The number of benzene rings is 1. The zero-order valence-corrected chi connectivity index (χ0v) is 12.8. The van der Waals surface area contributed by atoms with Crippen molar-refractivity contribution in [2.75, 3.05) is 6.54 Å². The molecule has 0 spiro atoms. The van der Waals surface area contributed by atoms with Crippen molar-refractivity contribution in [3.8, 4) is 11.4 Å². The van der Waals surface area contributed by atoms with Gasteiger partial charge < -0.3 is 10.3 Å². The van der Waals surface area contributed by atoms with Crippen LogP contribution >= 0.6 is 11.6 Å². The molecule has 4 nitrogen and oxygen atoms in total. The number of hydrogen-bond donors (Lipinski definition) is 1. The molecule has 0 fully saturated rings. The van der Waals surface area contributed by atoms with Crippen molar-refractivity contribution < 1.29 is 4.52 Å². The van der Waals surface area contributed by atoms with Gasteiger partial charge >= 0.3 is 0 Å². The third kappa shape index (κ3) is 3.81. The van der Waals surface area contributed by atoms with Crippen LogP contribution in [0.15, 0.2) is 28.8 Å². The fraction of sp³-hybridized carbons (Fsp3) is 0.467. The lowest BCUT2D eigenvalue weighted by Gasteiger charge is -2.22. The van der Waals surface area contributed by atoms with E-state index in [9.17, 15) is 0 Å². The Morgan fingerprint density at radius 1 is 1.25 bits per heavy atom. The summed E-state index contributed by atoms with van der Waals surface area (Å²) in [7, 11) is 0. The molecule has 1 aromatic carbocycles. The molecule has 0 bridgehead atoms. The number of nitrogens with zero attached hydrogens (tertiary/aromatic N) is 2. The predicted octanol–water partition coefficient (Wildman–Crippen LogP) is 3.87. The summed E-state index contributed by atoms with van der Waals surface area (Å²) in [5, 5.41) is 4.72. The van der Waals surface area contributed by atoms with E-state index in [-0.39, 0.29) is 11.3 Å². The van der Waals surface area contributed by atoms with Crippen LogP contribution in [0.1, 0.15) is 39.0 Å². The van der Waals surface area contributed by atoms with Gasteiger partial charge in [0.2, 0.25) is 11.7 Å². The van der Waals surface area contributed by atoms with Gasteiger partial charge in [-0.3, -0.25) is 0 Å². The van der Waals surface area contributed by atoms with Gasteiger partial charge in [0.15, 0.2) is 0 Å². The minimum absolute atomic E-state index is 0.0866. The summed E-state index contributed by atoms with van der Waals surface area (Å²) in [5.41, 5.74) is 6.89. The van der Waals surface area contributed by atoms with E-state index >= 15 is 0 Å². The Hall–Kier alpha value is -1.39. The van der Waals surface area contributed by atoms with Crippen LogP contribution in [0.3, 0.4) is 0 Å². The summed E-state index contributed by atoms with van der Waals surface area (Å²) in [6.45, 7) is 7.02. The van der Waals surface area contributed by atoms with E-state index in [0.29, 0.717) is 23.3 Å². The Morgan fingerprint density at radius 2 is 1.90 bits per heavy atom. The first-order chi connectivity index (χ1) is 9.39. The fourth-order valence-corrected chi connectivity index (χ4v) is 2.25. The molecule has 2 N–H and O–H groups in total. The topological polar surface area (TPSA) is 64.9 Å². The Bertz CT molecular complexity index is 557. The highest BCUT2D eigenvalue weighted by atomic mass is 35.5. The highest BCUT2D eigenvalue weighted by Crippen LogP contribution is 2.30. The molecule has 108 valence electrons. The molecular formula is C15H20ClN3O. The fourth-order valence-electron chi connectivity index (χ4n) is 2.13. The van der Waals surface area contributed by atoms with Gasteiger partial charge in [0.05, 0.1) is 5.92 Å². The van der Waals surface area contributed by atoms with Gasteiger partial charge in [0.25, 0.3) is 0 Å². The summed E-state index contributed by atoms with van der Waals surface area (Å²) >= 11 is 5.87. The number of hydrogen-bond acceptors (Lipinski definition) is 4. The van der Waals surface area contributed by atoms with Crippen molar-refractivity contribution in [1.29, 1.82) is 0 Å². The molecule has 0 radical (unpaired) electrons. The maximum atomic E-state index is 5.87. The van der Waals surface area contributed by atoms with E-state index in [1.165, 1.54) is 0 Å². The van der Waals surface area contributed by atoms with E-state index in [1.807, 2.05) is 24.3 Å². The second-order valence-electron chi connectivity index (χ2n) is 6.16. The molecule has 5 heteroatoms. The molecule has 0 amide bonds. The average molecular weight is 294 g/mol. The lowest BCUT2D eigenvalue weighted by molar-refractivity contribution is 0.287. The van der Waals surface area contributed by atoms with Crippen LogP contribution in [-0.2, 0) is 0 Å². The maximum Gasteiger partial charge on any atom is 0.231 e. The molecule has 0 saturated carbocycles. The molecule has 2 aromatic rings. The summed E-state index contributed by atoms with van der Waals surface area (Å²) < 4.78 is 5.37. The van der Waals surface area contributed by atoms with E-state index in [1.54, 1.807) is 0 Å². The van der Waals surface area contributed by atoms with Crippen LogP contribution in [-0.4, -0.2) is 16.7 Å². The maximum absolute atomic E-state index is 5.87. The van der Waals surface area contributed by atoms with Crippen molar-refractivity contribution in [1.82, 2.24) is 10.1 Å². The largest absolute Gasteiger partial charge is 0.339 e. The van der Waals surface area contributed by atoms with E-state index in [2.05, 4.69) is 30.9 Å². The van der Waals surface area contributed by atoms with Crippen molar-refractivity contribution in [2.24, 2.45) is 11.1 Å². The Morgan fingerprint density at radius 3 is 2.45 bits per heavy atom. The predicted molar refractivity (Wildman–Crippen MR) is 80.6 cm³/mol. The number of nitrogens with two attached hydrogens (primary N) is 1. The first-order valence-corrected chi connectivity index (χ1v) is 7.06. The smallest absolute Gasteiger partial charge is 0.231 e. The van der Waals surface area contributed by atoms with Crippen molar-refractivity contribution in [3.63, 3.8) is 0 Å². The van der Waals surface area contributed by atoms with Crippen LogP contribution in [0.4, 0.5) is 0 Å². The zero-order chi connectivity index (χ0) is 14.8.